The number of benzene rings is 1. The van der Waals surface area contributed by atoms with Gasteiger partial charge in [-0.15, -0.1) is 0 Å². The summed E-state index contributed by atoms with van der Waals surface area (Å²) in [6.45, 7) is 0. The van der Waals surface area contributed by atoms with E-state index in [4.69, 9.17) is 14.5 Å². The SMILES string of the molecule is COc1ccc(S(=O)(=O)OCP(=O)(O)O)cc1. The summed E-state index contributed by atoms with van der Waals surface area (Å²) in [6.07, 6.45) is -1.18. The van der Waals surface area contributed by atoms with Gasteiger partial charge in [0.15, 0.2) is 6.35 Å². The molecule has 1 aromatic carbocycles. The van der Waals surface area contributed by atoms with Crippen LogP contribution in [-0.2, 0) is 18.9 Å². The van der Waals surface area contributed by atoms with Crippen molar-refractivity contribution in [3.63, 3.8) is 0 Å². The summed E-state index contributed by atoms with van der Waals surface area (Å²) in [7, 11) is -7.27. The van der Waals surface area contributed by atoms with Gasteiger partial charge in [0.05, 0.1) is 12.0 Å². The van der Waals surface area contributed by atoms with Crippen molar-refractivity contribution in [2.75, 3.05) is 13.5 Å². The minimum absolute atomic E-state index is 0.202. The minimum atomic E-state index is -4.52. The van der Waals surface area contributed by atoms with E-state index in [0.29, 0.717) is 5.75 Å². The van der Waals surface area contributed by atoms with Crippen LogP contribution in [0.1, 0.15) is 0 Å². The summed E-state index contributed by atoms with van der Waals surface area (Å²) < 4.78 is 42.5. The highest BCUT2D eigenvalue weighted by molar-refractivity contribution is 7.87. The molecule has 0 radical (unpaired) electrons. The van der Waals surface area contributed by atoms with Crippen LogP contribution in [0.25, 0.3) is 0 Å². The second-order valence-electron chi connectivity index (χ2n) is 3.04. The fourth-order valence-electron chi connectivity index (χ4n) is 0.948. The molecule has 0 aromatic heterocycles. The zero-order valence-electron chi connectivity index (χ0n) is 8.81. The predicted octanol–water partition coefficient (Wildman–Crippen LogP) is 0.536. The van der Waals surface area contributed by atoms with Crippen molar-refractivity contribution in [1.82, 2.24) is 0 Å². The van der Waals surface area contributed by atoms with Crippen LogP contribution in [0, 0.1) is 0 Å². The smallest absolute Gasteiger partial charge is 0.352 e. The second kappa shape index (κ2) is 5.16. The lowest BCUT2D eigenvalue weighted by Gasteiger charge is -2.07. The van der Waals surface area contributed by atoms with Gasteiger partial charge in [-0.3, -0.25) is 8.75 Å². The van der Waals surface area contributed by atoms with Crippen LogP contribution in [-0.4, -0.2) is 31.7 Å². The van der Waals surface area contributed by atoms with E-state index in [9.17, 15) is 13.0 Å². The highest BCUT2D eigenvalue weighted by Gasteiger charge is 2.21. The average Bonchev–Trinajstić information content (AvgIpc) is 2.26. The summed E-state index contributed by atoms with van der Waals surface area (Å²) in [5.74, 6) is 0.457. The number of methoxy groups -OCH3 is 1. The third kappa shape index (κ3) is 4.45. The molecule has 0 amide bonds. The molecule has 0 saturated heterocycles. The Balaban J connectivity index is 2.86. The van der Waals surface area contributed by atoms with Gasteiger partial charge in [-0.05, 0) is 24.3 Å². The third-order valence-corrected chi connectivity index (χ3v) is 3.64. The summed E-state index contributed by atoms with van der Waals surface area (Å²) >= 11 is 0. The second-order valence-corrected chi connectivity index (χ2v) is 6.24. The van der Waals surface area contributed by atoms with Crippen LogP contribution in [0.5, 0.6) is 5.75 Å². The lowest BCUT2D eigenvalue weighted by Crippen LogP contribution is -2.07. The first kappa shape index (κ1) is 14.1. The van der Waals surface area contributed by atoms with Crippen LogP contribution in [0.2, 0.25) is 0 Å². The number of rotatable bonds is 5. The van der Waals surface area contributed by atoms with Gasteiger partial charge in [-0.2, -0.15) is 8.42 Å². The van der Waals surface area contributed by atoms with Gasteiger partial charge in [0.1, 0.15) is 5.75 Å². The molecule has 7 nitrogen and oxygen atoms in total. The maximum absolute atomic E-state index is 11.5. The van der Waals surface area contributed by atoms with Gasteiger partial charge in [0.2, 0.25) is 0 Å². The number of ether oxygens (including phenoxy) is 1. The van der Waals surface area contributed by atoms with E-state index in [1.807, 2.05) is 0 Å². The monoisotopic (exact) mass is 282 g/mol. The molecule has 2 N–H and O–H groups in total. The molecule has 0 bridgehead atoms. The van der Waals surface area contributed by atoms with E-state index >= 15 is 0 Å². The van der Waals surface area contributed by atoms with Crippen LogP contribution < -0.4 is 4.74 Å². The number of hydrogen-bond donors (Lipinski definition) is 2. The van der Waals surface area contributed by atoms with E-state index in [1.54, 1.807) is 0 Å². The van der Waals surface area contributed by atoms with Crippen molar-refractivity contribution in [1.29, 1.82) is 0 Å². The summed E-state index contributed by atoms with van der Waals surface area (Å²) in [6, 6.07) is 5.23. The first-order valence-corrected chi connectivity index (χ1v) is 7.53. The van der Waals surface area contributed by atoms with E-state index < -0.39 is 24.1 Å². The molecule has 0 aliphatic carbocycles. The summed E-state index contributed by atoms with van der Waals surface area (Å²) in [4.78, 5) is 16.8. The molecule has 0 aliphatic rings. The molecule has 17 heavy (non-hydrogen) atoms. The summed E-state index contributed by atoms with van der Waals surface area (Å²) in [5.41, 5.74) is 0. The normalized spacial score (nSPS) is 12.4. The van der Waals surface area contributed by atoms with Gasteiger partial charge >= 0.3 is 7.60 Å². The molecule has 0 saturated carbocycles. The van der Waals surface area contributed by atoms with Crippen LogP contribution in [0.15, 0.2) is 29.2 Å². The molecular formula is C8H11O7PS. The largest absolute Gasteiger partial charge is 0.497 e. The fourth-order valence-corrected chi connectivity index (χ4v) is 2.66. The fraction of sp³-hybridized carbons (Fsp3) is 0.250. The maximum Gasteiger partial charge on any atom is 0.352 e. The Kier molecular flexibility index (Phi) is 4.29. The van der Waals surface area contributed by atoms with Crippen LogP contribution >= 0.6 is 7.60 Å². The van der Waals surface area contributed by atoms with Gasteiger partial charge in [-0.25, -0.2) is 0 Å². The molecule has 9 heteroatoms. The lowest BCUT2D eigenvalue weighted by molar-refractivity contribution is 0.301. The molecule has 1 rings (SSSR count). The predicted molar refractivity (Wildman–Crippen MR) is 58.2 cm³/mol. The van der Waals surface area contributed by atoms with Crippen molar-refractivity contribution in [2.45, 2.75) is 4.90 Å². The Morgan fingerprint density at radius 2 is 1.76 bits per heavy atom. The first-order valence-electron chi connectivity index (χ1n) is 4.33. The van der Waals surface area contributed by atoms with Crippen molar-refractivity contribution < 1.29 is 31.7 Å². The molecule has 0 unspecified atom stereocenters. The highest BCUT2D eigenvalue weighted by atomic mass is 32.2. The molecular weight excluding hydrogens is 271 g/mol. The molecule has 0 spiro atoms. The Hall–Kier alpha value is -0.920. The van der Waals surface area contributed by atoms with Crippen molar-refractivity contribution in [3.8, 4) is 5.75 Å². The highest BCUT2D eigenvalue weighted by Crippen LogP contribution is 2.35. The quantitative estimate of drug-likeness (QED) is 0.598. The van der Waals surface area contributed by atoms with E-state index in [2.05, 4.69) is 4.18 Å². The third-order valence-electron chi connectivity index (χ3n) is 1.72. The van der Waals surface area contributed by atoms with E-state index in [-0.39, 0.29) is 4.90 Å². The van der Waals surface area contributed by atoms with E-state index in [0.717, 1.165) is 0 Å². The molecule has 0 aliphatic heterocycles. The Morgan fingerprint density at radius 3 is 2.18 bits per heavy atom. The van der Waals surface area contributed by atoms with Crippen molar-refractivity contribution >= 4 is 17.7 Å². The van der Waals surface area contributed by atoms with Crippen LogP contribution in [0.4, 0.5) is 0 Å². The molecule has 0 fully saturated rings. The average molecular weight is 282 g/mol. The van der Waals surface area contributed by atoms with Crippen molar-refractivity contribution in [3.05, 3.63) is 24.3 Å². The van der Waals surface area contributed by atoms with Gasteiger partial charge in [-0.1, -0.05) is 0 Å². The Bertz CT molecular complexity index is 515. The molecule has 0 atom stereocenters. The lowest BCUT2D eigenvalue weighted by atomic mass is 10.3. The molecule has 0 heterocycles. The van der Waals surface area contributed by atoms with Gasteiger partial charge < -0.3 is 14.5 Å². The van der Waals surface area contributed by atoms with E-state index in [1.165, 1.54) is 31.4 Å². The molecule has 96 valence electrons. The zero-order valence-corrected chi connectivity index (χ0v) is 10.5. The minimum Gasteiger partial charge on any atom is -0.497 e. The van der Waals surface area contributed by atoms with Crippen LogP contribution in [0.3, 0.4) is 0 Å². The van der Waals surface area contributed by atoms with Crippen molar-refractivity contribution in [2.24, 2.45) is 0 Å². The molecule has 1 aromatic rings. The maximum atomic E-state index is 11.5. The Morgan fingerprint density at radius 1 is 1.24 bits per heavy atom. The van der Waals surface area contributed by atoms with Gasteiger partial charge in [0.25, 0.3) is 10.1 Å². The zero-order chi connectivity index (χ0) is 13.1. The number of hydrogen-bond acceptors (Lipinski definition) is 5. The van der Waals surface area contributed by atoms with Gasteiger partial charge in [0, 0.05) is 0 Å². The standard InChI is InChI=1S/C8H11O7PS/c1-14-7-2-4-8(5-3-7)17(12,13)15-6-16(9,10)11/h2-5H,6H2,1H3,(H2,9,10,11). The Labute approximate surface area is 98.3 Å². The topological polar surface area (TPSA) is 110 Å². The summed E-state index contributed by atoms with van der Waals surface area (Å²) in [5, 5.41) is 0. The first-order chi connectivity index (χ1) is 7.74.